The molecule has 0 aromatic rings. The summed E-state index contributed by atoms with van der Waals surface area (Å²) < 4.78 is 5.28. The lowest BCUT2D eigenvalue weighted by Crippen LogP contribution is -2.42. The molecule has 1 aliphatic rings. The highest BCUT2D eigenvalue weighted by molar-refractivity contribution is 4.80. The molecule has 0 aromatic heterocycles. The lowest BCUT2D eigenvalue weighted by Gasteiger charge is -2.27. The second kappa shape index (κ2) is 7.63. The van der Waals surface area contributed by atoms with Crippen LogP contribution in [0.3, 0.4) is 0 Å². The summed E-state index contributed by atoms with van der Waals surface area (Å²) >= 11 is 0. The Morgan fingerprint density at radius 1 is 1.47 bits per heavy atom. The van der Waals surface area contributed by atoms with Crippen molar-refractivity contribution in [1.29, 1.82) is 5.26 Å². The van der Waals surface area contributed by atoms with Crippen LogP contribution < -0.4 is 5.32 Å². The van der Waals surface area contributed by atoms with E-state index in [-0.39, 0.29) is 0 Å². The average molecular weight is 211 g/mol. The fourth-order valence-corrected chi connectivity index (χ4v) is 1.72. The standard InChI is InChI=1S/C11H21N3O/c1-2-11(3-4-12)13-5-6-14-7-9-15-10-8-14/h11,13H,2-3,5-10H2,1H3. The van der Waals surface area contributed by atoms with Gasteiger partial charge in [-0.2, -0.15) is 5.26 Å². The van der Waals surface area contributed by atoms with Crippen LogP contribution >= 0.6 is 0 Å². The van der Waals surface area contributed by atoms with Crippen molar-refractivity contribution in [3.05, 3.63) is 0 Å². The maximum Gasteiger partial charge on any atom is 0.0638 e. The van der Waals surface area contributed by atoms with Crippen molar-refractivity contribution in [2.75, 3.05) is 39.4 Å². The molecule has 4 heteroatoms. The Morgan fingerprint density at radius 2 is 2.20 bits per heavy atom. The summed E-state index contributed by atoms with van der Waals surface area (Å²) in [6.45, 7) is 7.94. The molecule has 0 aliphatic carbocycles. The van der Waals surface area contributed by atoms with Crippen LogP contribution in [0.2, 0.25) is 0 Å². The Bertz CT molecular complexity index is 196. The van der Waals surface area contributed by atoms with Gasteiger partial charge in [0.1, 0.15) is 0 Å². The van der Waals surface area contributed by atoms with Crippen LogP contribution in [0.25, 0.3) is 0 Å². The second-order valence-corrected chi connectivity index (χ2v) is 3.88. The minimum atomic E-state index is 0.357. The molecule has 1 fully saturated rings. The van der Waals surface area contributed by atoms with E-state index >= 15 is 0 Å². The van der Waals surface area contributed by atoms with Gasteiger partial charge >= 0.3 is 0 Å². The van der Waals surface area contributed by atoms with E-state index in [4.69, 9.17) is 10.00 Å². The van der Waals surface area contributed by atoms with E-state index in [2.05, 4.69) is 23.2 Å². The molecule has 1 atom stereocenters. The smallest absolute Gasteiger partial charge is 0.0638 e. The number of ether oxygens (including phenoxy) is 1. The maximum atomic E-state index is 8.60. The molecule has 0 saturated carbocycles. The average Bonchev–Trinajstić information content (AvgIpc) is 2.29. The number of rotatable bonds is 6. The zero-order valence-corrected chi connectivity index (χ0v) is 9.54. The van der Waals surface area contributed by atoms with E-state index in [1.165, 1.54) is 0 Å². The van der Waals surface area contributed by atoms with Gasteiger partial charge in [0.15, 0.2) is 0 Å². The van der Waals surface area contributed by atoms with Crippen LogP contribution in [0.4, 0.5) is 0 Å². The van der Waals surface area contributed by atoms with Gasteiger partial charge in [-0.3, -0.25) is 4.90 Å². The topological polar surface area (TPSA) is 48.3 Å². The third kappa shape index (κ3) is 5.12. The van der Waals surface area contributed by atoms with Crippen molar-refractivity contribution in [2.24, 2.45) is 0 Å². The van der Waals surface area contributed by atoms with Crippen molar-refractivity contribution in [1.82, 2.24) is 10.2 Å². The monoisotopic (exact) mass is 211 g/mol. The minimum Gasteiger partial charge on any atom is -0.379 e. The van der Waals surface area contributed by atoms with E-state index in [1.54, 1.807) is 0 Å². The molecule has 1 heterocycles. The Balaban J connectivity index is 2.06. The van der Waals surface area contributed by atoms with Gasteiger partial charge in [-0.05, 0) is 6.42 Å². The fourth-order valence-electron chi connectivity index (χ4n) is 1.72. The molecule has 0 radical (unpaired) electrons. The first-order valence-corrected chi connectivity index (χ1v) is 5.77. The summed E-state index contributed by atoms with van der Waals surface area (Å²) in [4.78, 5) is 2.40. The number of nitrogens with one attached hydrogen (secondary N) is 1. The van der Waals surface area contributed by atoms with E-state index < -0.39 is 0 Å². The van der Waals surface area contributed by atoms with E-state index in [1.807, 2.05) is 0 Å². The predicted octanol–water partition coefficient (Wildman–Crippen LogP) is 0.600. The van der Waals surface area contributed by atoms with Gasteiger partial charge in [0.25, 0.3) is 0 Å². The molecule has 1 N–H and O–H groups in total. The third-order valence-corrected chi connectivity index (χ3v) is 2.80. The first-order chi connectivity index (χ1) is 7.36. The normalized spacial score (nSPS) is 19.7. The van der Waals surface area contributed by atoms with Crippen molar-refractivity contribution in [2.45, 2.75) is 25.8 Å². The van der Waals surface area contributed by atoms with Gasteiger partial charge in [0, 0.05) is 32.2 Å². The van der Waals surface area contributed by atoms with Crippen LogP contribution in [-0.2, 0) is 4.74 Å². The Hall–Kier alpha value is -0.630. The zero-order chi connectivity index (χ0) is 10.9. The molecule has 1 rings (SSSR count). The third-order valence-electron chi connectivity index (χ3n) is 2.80. The molecule has 0 bridgehead atoms. The molecule has 0 spiro atoms. The van der Waals surface area contributed by atoms with Crippen LogP contribution in [0.1, 0.15) is 19.8 Å². The van der Waals surface area contributed by atoms with Gasteiger partial charge in [0.05, 0.1) is 25.7 Å². The lowest BCUT2D eigenvalue weighted by atomic mass is 10.2. The molecule has 1 saturated heterocycles. The Labute approximate surface area is 92.2 Å². The highest BCUT2D eigenvalue weighted by Crippen LogP contribution is 1.97. The van der Waals surface area contributed by atoms with Gasteiger partial charge < -0.3 is 10.1 Å². The first kappa shape index (κ1) is 12.4. The molecule has 1 unspecified atom stereocenters. The number of nitriles is 1. The molecule has 1 aliphatic heterocycles. The molecule has 0 amide bonds. The van der Waals surface area contributed by atoms with Crippen molar-refractivity contribution < 1.29 is 4.74 Å². The summed E-state index contributed by atoms with van der Waals surface area (Å²) in [5, 5.41) is 12.0. The summed E-state index contributed by atoms with van der Waals surface area (Å²) in [7, 11) is 0. The molecule has 15 heavy (non-hydrogen) atoms. The Kier molecular flexibility index (Phi) is 6.33. The molecule has 86 valence electrons. The summed E-state index contributed by atoms with van der Waals surface area (Å²) in [6, 6.07) is 2.57. The molecular weight excluding hydrogens is 190 g/mol. The summed E-state index contributed by atoms with van der Waals surface area (Å²) in [5.41, 5.74) is 0. The van der Waals surface area contributed by atoms with Gasteiger partial charge in [-0.15, -0.1) is 0 Å². The first-order valence-electron chi connectivity index (χ1n) is 5.77. The summed E-state index contributed by atoms with van der Waals surface area (Å²) in [6.07, 6.45) is 1.64. The lowest BCUT2D eigenvalue weighted by molar-refractivity contribution is 0.0381. The van der Waals surface area contributed by atoms with Crippen LogP contribution in [0, 0.1) is 11.3 Å². The van der Waals surface area contributed by atoms with Crippen LogP contribution in [-0.4, -0.2) is 50.3 Å². The highest BCUT2D eigenvalue weighted by Gasteiger charge is 2.10. The Morgan fingerprint density at radius 3 is 2.80 bits per heavy atom. The molecule has 0 aromatic carbocycles. The largest absolute Gasteiger partial charge is 0.379 e. The quantitative estimate of drug-likeness (QED) is 0.699. The van der Waals surface area contributed by atoms with Gasteiger partial charge in [-0.25, -0.2) is 0 Å². The second-order valence-electron chi connectivity index (χ2n) is 3.88. The van der Waals surface area contributed by atoms with E-state index in [0.717, 1.165) is 45.8 Å². The summed E-state index contributed by atoms with van der Waals surface area (Å²) in [5.74, 6) is 0. The number of hydrogen-bond donors (Lipinski definition) is 1. The van der Waals surface area contributed by atoms with E-state index in [0.29, 0.717) is 12.5 Å². The number of hydrogen-bond acceptors (Lipinski definition) is 4. The zero-order valence-electron chi connectivity index (χ0n) is 9.54. The van der Waals surface area contributed by atoms with Crippen molar-refractivity contribution >= 4 is 0 Å². The SMILES string of the molecule is CCC(CC#N)NCCN1CCOCC1. The number of nitrogens with zero attached hydrogens (tertiary/aromatic N) is 2. The fraction of sp³-hybridized carbons (Fsp3) is 0.909. The van der Waals surface area contributed by atoms with Crippen LogP contribution in [0.15, 0.2) is 0 Å². The van der Waals surface area contributed by atoms with Crippen molar-refractivity contribution in [3.63, 3.8) is 0 Å². The van der Waals surface area contributed by atoms with Gasteiger partial charge in [-0.1, -0.05) is 6.92 Å². The highest BCUT2D eigenvalue weighted by atomic mass is 16.5. The maximum absolute atomic E-state index is 8.60. The minimum absolute atomic E-state index is 0.357. The van der Waals surface area contributed by atoms with Crippen molar-refractivity contribution in [3.8, 4) is 6.07 Å². The van der Waals surface area contributed by atoms with Crippen LogP contribution in [0.5, 0.6) is 0 Å². The molecule has 4 nitrogen and oxygen atoms in total. The number of morpholine rings is 1. The predicted molar refractivity (Wildman–Crippen MR) is 59.6 cm³/mol. The van der Waals surface area contributed by atoms with Gasteiger partial charge in [0.2, 0.25) is 0 Å². The molecular formula is C11H21N3O. The van der Waals surface area contributed by atoms with E-state index in [9.17, 15) is 0 Å².